The fourth-order valence-electron chi connectivity index (χ4n) is 3.10. The second-order valence-corrected chi connectivity index (χ2v) is 6.15. The molecule has 1 aliphatic heterocycles. The van der Waals surface area contributed by atoms with Gasteiger partial charge in [-0.3, -0.25) is 4.79 Å². The highest BCUT2D eigenvalue weighted by atomic mass is 16.5. The molecule has 0 radical (unpaired) electrons. The van der Waals surface area contributed by atoms with Crippen LogP contribution in [0.15, 0.2) is 72.8 Å². The van der Waals surface area contributed by atoms with Gasteiger partial charge in [-0.15, -0.1) is 0 Å². The van der Waals surface area contributed by atoms with Crippen LogP contribution in [0.2, 0.25) is 0 Å². The lowest BCUT2D eigenvalue weighted by Crippen LogP contribution is -2.54. The number of benzene rings is 3. The third-order valence-corrected chi connectivity index (χ3v) is 4.51. The number of carbonyl (C=O) groups excluding carboxylic acids is 1. The first-order chi connectivity index (χ1) is 11.8. The van der Waals surface area contributed by atoms with Crippen LogP contribution in [0.4, 0.5) is 0 Å². The molecule has 1 saturated heterocycles. The normalized spacial score (nSPS) is 14.6. The highest BCUT2D eigenvalue weighted by Gasteiger charge is 2.31. The van der Waals surface area contributed by atoms with E-state index in [2.05, 4.69) is 36.4 Å². The van der Waals surface area contributed by atoms with Gasteiger partial charge in [0, 0.05) is 18.7 Å². The van der Waals surface area contributed by atoms with Gasteiger partial charge in [-0.05, 0) is 28.5 Å². The number of hydrogen-bond donors (Lipinski definition) is 0. The molecule has 3 heteroatoms. The fraction of sp³-hybridized carbons (Fsp3) is 0.190. The van der Waals surface area contributed by atoms with E-state index in [9.17, 15) is 4.79 Å². The van der Waals surface area contributed by atoms with Gasteiger partial charge in [-0.1, -0.05) is 60.7 Å². The first-order valence-corrected chi connectivity index (χ1v) is 8.24. The summed E-state index contributed by atoms with van der Waals surface area (Å²) < 4.78 is 5.99. The second-order valence-electron chi connectivity index (χ2n) is 6.15. The average molecular weight is 317 g/mol. The molecule has 0 N–H and O–H groups in total. The lowest BCUT2D eigenvalue weighted by Gasteiger charge is -2.39. The van der Waals surface area contributed by atoms with Crippen LogP contribution >= 0.6 is 0 Å². The molecule has 120 valence electrons. The van der Waals surface area contributed by atoms with Crippen LogP contribution in [-0.2, 0) is 11.3 Å². The number of rotatable bonds is 4. The molecule has 1 aliphatic rings. The zero-order chi connectivity index (χ0) is 16.4. The first-order valence-electron chi connectivity index (χ1n) is 8.24. The highest BCUT2D eigenvalue weighted by molar-refractivity contribution is 5.94. The van der Waals surface area contributed by atoms with Crippen LogP contribution in [0.25, 0.3) is 10.8 Å². The molecule has 0 aromatic heterocycles. The summed E-state index contributed by atoms with van der Waals surface area (Å²) in [4.78, 5) is 14.1. The van der Waals surface area contributed by atoms with E-state index in [1.165, 1.54) is 16.3 Å². The maximum Gasteiger partial charge on any atom is 0.254 e. The Bertz CT molecular complexity index is 849. The Balaban J connectivity index is 1.35. The van der Waals surface area contributed by atoms with E-state index in [-0.39, 0.29) is 12.0 Å². The highest BCUT2D eigenvalue weighted by Crippen LogP contribution is 2.22. The Kier molecular flexibility index (Phi) is 4.01. The van der Waals surface area contributed by atoms with Crippen molar-refractivity contribution in [2.24, 2.45) is 0 Å². The van der Waals surface area contributed by atoms with Gasteiger partial charge in [-0.2, -0.15) is 0 Å². The number of fused-ring (bicyclic) bond motifs is 1. The molecule has 3 aromatic rings. The summed E-state index contributed by atoms with van der Waals surface area (Å²) in [7, 11) is 0. The SMILES string of the molecule is O=C(c1ccccc1)N1CC(OCc2cccc3ccccc23)C1. The summed E-state index contributed by atoms with van der Waals surface area (Å²) in [6.07, 6.45) is 0.122. The number of hydrogen-bond acceptors (Lipinski definition) is 2. The van der Waals surface area contributed by atoms with Crippen molar-refractivity contribution in [1.82, 2.24) is 4.90 Å². The Labute approximate surface area is 141 Å². The van der Waals surface area contributed by atoms with Gasteiger partial charge in [0.05, 0.1) is 12.7 Å². The van der Waals surface area contributed by atoms with Crippen LogP contribution in [0, 0.1) is 0 Å². The lowest BCUT2D eigenvalue weighted by atomic mass is 10.0. The van der Waals surface area contributed by atoms with Crippen molar-refractivity contribution in [2.45, 2.75) is 12.7 Å². The van der Waals surface area contributed by atoms with Crippen molar-refractivity contribution in [1.29, 1.82) is 0 Å². The monoisotopic (exact) mass is 317 g/mol. The van der Waals surface area contributed by atoms with Crippen molar-refractivity contribution in [3.63, 3.8) is 0 Å². The third kappa shape index (κ3) is 2.91. The third-order valence-electron chi connectivity index (χ3n) is 4.51. The van der Waals surface area contributed by atoms with Crippen molar-refractivity contribution >= 4 is 16.7 Å². The standard InChI is InChI=1S/C21H19NO2/c23-21(17-8-2-1-3-9-17)22-13-19(14-22)24-15-18-11-6-10-16-7-4-5-12-20(16)18/h1-12,19H,13-15H2. The largest absolute Gasteiger partial charge is 0.370 e. The van der Waals surface area contributed by atoms with Gasteiger partial charge in [0.1, 0.15) is 0 Å². The van der Waals surface area contributed by atoms with Crippen molar-refractivity contribution in [2.75, 3.05) is 13.1 Å². The quantitative estimate of drug-likeness (QED) is 0.731. The molecule has 24 heavy (non-hydrogen) atoms. The molecule has 1 heterocycles. The molecular formula is C21H19NO2. The van der Waals surface area contributed by atoms with Crippen LogP contribution in [0.5, 0.6) is 0 Å². The second kappa shape index (κ2) is 6.46. The van der Waals surface area contributed by atoms with Gasteiger partial charge in [0.2, 0.25) is 0 Å². The summed E-state index contributed by atoms with van der Waals surface area (Å²) in [5.74, 6) is 0.0839. The average Bonchev–Trinajstić information content (AvgIpc) is 2.61. The number of carbonyl (C=O) groups is 1. The van der Waals surface area contributed by atoms with E-state index in [4.69, 9.17) is 4.74 Å². The van der Waals surface area contributed by atoms with Crippen molar-refractivity contribution in [3.05, 3.63) is 83.9 Å². The van der Waals surface area contributed by atoms with Crippen LogP contribution < -0.4 is 0 Å². The Morgan fingerprint density at radius 3 is 2.46 bits per heavy atom. The fourth-order valence-corrected chi connectivity index (χ4v) is 3.10. The number of amides is 1. The topological polar surface area (TPSA) is 29.5 Å². The van der Waals surface area contributed by atoms with E-state index in [0.29, 0.717) is 19.7 Å². The van der Waals surface area contributed by atoms with Crippen LogP contribution in [0.3, 0.4) is 0 Å². The first kappa shape index (κ1) is 14.9. The molecule has 1 fully saturated rings. The molecule has 4 rings (SSSR count). The Hall–Kier alpha value is -2.65. The van der Waals surface area contributed by atoms with E-state index < -0.39 is 0 Å². The molecule has 0 unspecified atom stereocenters. The minimum Gasteiger partial charge on any atom is -0.370 e. The molecule has 3 nitrogen and oxygen atoms in total. The zero-order valence-electron chi connectivity index (χ0n) is 13.4. The molecule has 0 atom stereocenters. The minimum absolute atomic E-state index is 0.0839. The molecule has 3 aromatic carbocycles. The number of ether oxygens (including phenoxy) is 1. The van der Waals surface area contributed by atoms with Gasteiger partial charge < -0.3 is 9.64 Å². The predicted molar refractivity (Wildman–Crippen MR) is 94.9 cm³/mol. The van der Waals surface area contributed by atoms with E-state index in [1.54, 1.807) is 0 Å². The maximum absolute atomic E-state index is 12.3. The molecule has 1 amide bonds. The van der Waals surface area contributed by atoms with Gasteiger partial charge >= 0.3 is 0 Å². The summed E-state index contributed by atoms with van der Waals surface area (Å²) in [6, 6.07) is 24.0. The zero-order valence-corrected chi connectivity index (χ0v) is 13.4. The minimum atomic E-state index is 0.0839. The molecule has 0 bridgehead atoms. The summed E-state index contributed by atoms with van der Waals surface area (Å²) >= 11 is 0. The summed E-state index contributed by atoms with van der Waals surface area (Å²) in [5, 5.41) is 2.46. The van der Waals surface area contributed by atoms with Gasteiger partial charge in [0.15, 0.2) is 0 Å². The van der Waals surface area contributed by atoms with Crippen molar-refractivity contribution in [3.8, 4) is 0 Å². The molecular weight excluding hydrogens is 298 g/mol. The molecule has 0 saturated carbocycles. The van der Waals surface area contributed by atoms with Crippen molar-refractivity contribution < 1.29 is 9.53 Å². The van der Waals surface area contributed by atoms with E-state index in [1.807, 2.05) is 41.3 Å². The van der Waals surface area contributed by atoms with Crippen LogP contribution in [-0.4, -0.2) is 30.0 Å². The maximum atomic E-state index is 12.3. The Morgan fingerprint density at radius 1 is 0.917 bits per heavy atom. The van der Waals surface area contributed by atoms with E-state index >= 15 is 0 Å². The lowest BCUT2D eigenvalue weighted by molar-refractivity contribution is -0.0499. The smallest absolute Gasteiger partial charge is 0.254 e. The number of likely N-dealkylation sites (tertiary alicyclic amines) is 1. The summed E-state index contributed by atoms with van der Waals surface area (Å²) in [5.41, 5.74) is 1.94. The van der Waals surface area contributed by atoms with Crippen LogP contribution in [0.1, 0.15) is 15.9 Å². The predicted octanol–water partition coefficient (Wildman–Crippen LogP) is 3.88. The van der Waals surface area contributed by atoms with Gasteiger partial charge in [-0.25, -0.2) is 0 Å². The Morgan fingerprint density at radius 2 is 1.62 bits per heavy atom. The number of nitrogens with zero attached hydrogens (tertiary/aromatic N) is 1. The summed E-state index contributed by atoms with van der Waals surface area (Å²) in [6.45, 7) is 1.91. The molecule has 0 aliphatic carbocycles. The molecule has 0 spiro atoms. The van der Waals surface area contributed by atoms with E-state index in [0.717, 1.165) is 5.56 Å². The van der Waals surface area contributed by atoms with Gasteiger partial charge in [0.25, 0.3) is 5.91 Å².